The van der Waals surface area contributed by atoms with Crippen molar-refractivity contribution in [1.29, 1.82) is 0 Å². The van der Waals surface area contributed by atoms with Crippen LogP contribution in [0.15, 0.2) is 74.7 Å². The summed E-state index contributed by atoms with van der Waals surface area (Å²) in [7, 11) is 0. The summed E-state index contributed by atoms with van der Waals surface area (Å²) in [5, 5.41) is 4.74. The summed E-state index contributed by atoms with van der Waals surface area (Å²) in [6, 6.07) is 19.1. The molecule has 0 fully saturated rings. The summed E-state index contributed by atoms with van der Waals surface area (Å²) in [4.78, 5) is 12.0. The largest absolute Gasteiger partial charge is 0.487 e. The summed E-state index contributed by atoms with van der Waals surface area (Å²) in [5.41, 5.74) is 6.49. The van der Waals surface area contributed by atoms with Crippen LogP contribution in [0, 0.1) is 6.92 Å². The third kappa shape index (κ3) is 6.69. The second-order valence-electron chi connectivity index (χ2n) is 6.68. The maximum Gasteiger partial charge on any atom is 0.244 e. The van der Waals surface area contributed by atoms with Crippen molar-refractivity contribution in [2.75, 3.05) is 0 Å². The summed E-state index contributed by atoms with van der Waals surface area (Å²) in [5.74, 6) is 0.515. The van der Waals surface area contributed by atoms with E-state index in [1.165, 1.54) is 0 Å². The number of hydrogen-bond acceptors (Lipinski definition) is 3. The molecule has 0 aliphatic carbocycles. The Hall–Kier alpha value is -2.15. The highest BCUT2D eigenvalue weighted by Gasteiger charge is 2.09. The number of hydrazone groups is 1. The minimum atomic E-state index is -0.170. The van der Waals surface area contributed by atoms with Gasteiger partial charge in [-0.25, -0.2) is 5.43 Å². The standard InChI is InChI=1S/C23H19Br2ClN2O2/c1-15-2-4-16(5-3-15)12-22(29)28-27-13-18-10-20(24)23(21(25)11-18)30-14-17-6-8-19(26)9-7-17/h2-11,13H,12,14H2,1H3,(H,28,29)/b27-13+. The van der Waals surface area contributed by atoms with Crippen LogP contribution >= 0.6 is 43.5 Å². The van der Waals surface area contributed by atoms with E-state index in [9.17, 15) is 4.79 Å². The van der Waals surface area contributed by atoms with Crippen LogP contribution in [0.5, 0.6) is 5.75 Å². The van der Waals surface area contributed by atoms with Crippen molar-refractivity contribution >= 4 is 55.6 Å². The molecule has 0 unspecified atom stereocenters. The zero-order valence-electron chi connectivity index (χ0n) is 16.2. The third-order valence-electron chi connectivity index (χ3n) is 4.21. The Labute approximate surface area is 197 Å². The molecule has 154 valence electrons. The van der Waals surface area contributed by atoms with Gasteiger partial charge in [0.15, 0.2) is 0 Å². The lowest BCUT2D eigenvalue weighted by atomic mass is 10.1. The molecule has 3 aromatic rings. The van der Waals surface area contributed by atoms with Crippen LogP contribution < -0.4 is 10.2 Å². The first-order chi connectivity index (χ1) is 14.4. The molecule has 0 radical (unpaired) electrons. The highest BCUT2D eigenvalue weighted by Crippen LogP contribution is 2.35. The highest BCUT2D eigenvalue weighted by molar-refractivity contribution is 9.11. The molecule has 0 aliphatic rings. The van der Waals surface area contributed by atoms with Crippen LogP contribution in [0.3, 0.4) is 0 Å². The minimum absolute atomic E-state index is 0.170. The monoisotopic (exact) mass is 548 g/mol. The number of nitrogens with zero attached hydrogens (tertiary/aromatic N) is 1. The summed E-state index contributed by atoms with van der Waals surface area (Å²) < 4.78 is 7.47. The van der Waals surface area contributed by atoms with Crippen molar-refractivity contribution in [3.05, 3.63) is 96.9 Å². The Bertz CT molecular complexity index is 1030. The highest BCUT2D eigenvalue weighted by atomic mass is 79.9. The van der Waals surface area contributed by atoms with Gasteiger partial charge in [-0.15, -0.1) is 0 Å². The summed E-state index contributed by atoms with van der Waals surface area (Å²) in [6.07, 6.45) is 1.87. The first-order valence-corrected chi connectivity index (χ1v) is 11.1. The van der Waals surface area contributed by atoms with Crippen molar-refractivity contribution < 1.29 is 9.53 Å². The van der Waals surface area contributed by atoms with E-state index in [0.29, 0.717) is 17.4 Å². The Morgan fingerprint density at radius 1 is 1.03 bits per heavy atom. The SMILES string of the molecule is Cc1ccc(CC(=O)N/N=C/c2cc(Br)c(OCc3ccc(Cl)cc3)c(Br)c2)cc1. The number of ether oxygens (including phenoxy) is 1. The van der Waals surface area contributed by atoms with E-state index >= 15 is 0 Å². The number of nitrogens with one attached hydrogen (secondary N) is 1. The third-order valence-corrected chi connectivity index (χ3v) is 5.64. The van der Waals surface area contributed by atoms with E-state index in [-0.39, 0.29) is 12.3 Å². The topological polar surface area (TPSA) is 50.7 Å². The maximum atomic E-state index is 12.0. The molecular weight excluding hydrogens is 532 g/mol. The van der Waals surface area contributed by atoms with Gasteiger partial charge in [-0.05, 0) is 79.7 Å². The average molecular weight is 551 g/mol. The van der Waals surface area contributed by atoms with Gasteiger partial charge in [0.2, 0.25) is 5.91 Å². The van der Waals surface area contributed by atoms with Crippen LogP contribution in [-0.4, -0.2) is 12.1 Å². The Morgan fingerprint density at radius 3 is 2.27 bits per heavy atom. The smallest absolute Gasteiger partial charge is 0.244 e. The first-order valence-electron chi connectivity index (χ1n) is 9.14. The quantitative estimate of drug-likeness (QED) is 0.272. The van der Waals surface area contributed by atoms with Crippen LogP contribution in [0.1, 0.15) is 22.3 Å². The number of aryl methyl sites for hydroxylation is 1. The van der Waals surface area contributed by atoms with Gasteiger partial charge < -0.3 is 4.74 Å². The van der Waals surface area contributed by atoms with Gasteiger partial charge in [-0.1, -0.05) is 53.6 Å². The lowest BCUT2D eigenvalue weighted by Gasteiger charge is -2.11. The van der Waals surface area contributed by atoms with Crippen molar-refractivity contribution in [2.24, 2.45) is 5.10 Å². The number of carbonyl (C=O) groups is 1. The van der Waals surface area contributed by atoms with E-state index in [4.69, 9.17) is 16.3 Å². The molecular formula is C23H19Br2ClN2O2. The van der Waals surface area contributed by atoms with Gasteiger partial charge in [0.05, 0.1) is 21.6 Å². The van der Waals surface area contributed by atoms with E-state index in [2.05, 4.69) is 42.4 Å². The first kappa shape index (κ1) is 22.5. The molecule has 0 saturated heterocycles. The molecule has 0 atom stereocenters. The lowest BCUT2D eigenvalue weighted by Crippen LogP contribution is -2.19. The minimum Gasteiger partial charge on any atom is -0.487 e. The predicted octanol–water partition coefficient (Wildman–Crippen LogP) is 6.45. The van der Waals surface area contributed by atoms with Gasteiger partial charge in [-0.3, -0.25) is 4.79 Å². The maximum absolute atomic E-state index is 12.0. The van der Waals surface area contributed by atoms with Crippen LogP contribution in [-0.2, 0) is 17.8 Å². The molecule has 0 bridgehead atoms. The molecule has 0 aliphatic heterocycles. The molecule has 7 heteroatoms. The molecule has 1 N–H and O–H groups in total. The van der Waals surface area contributed by atoms with Crippen LogP contribution in [0.25, 0.3) is 0 Å². The zero-order valence-corrected chi connectivity index (χ0v) is 20.1. The number of halogens is 3. The predicted molar refractivity (Wildman–Crippen MR) is 128 cm³/mol. The van der Waals surface area contributed by atoms with Gasteiger partial charge in [0.25, 0.3) is 0 Å². The molecule has 30 heavy (non-hydrogen) atoms. The van der Waals surface area contributed by atoms with Gasteiger partial charge in [0, 0.05) is 5.02 Å². The Balaban J connectivity index is 1.57. The molecule has 4 nitrogen and oxygen atoms in total. The van der Waals surface area contributed by atoms with Crippen LogP contribution in [0.2, 0.25) is 5.02 Å². The van der Waals surface area contributed by atoms with Crippen molar-refractivity contribution in [3.8, 4) is 5.75 Å². The van der Waals surface area contributed by atoms with Crippen molar-refractivity contribution in [2.45, 2.75) is 20.0 Å². The van der Waals surface area contributed by atoms with Crippen LogP contribution in [0.4, 0.5) is 0 Å². The second kappa shape index (κ2) is 10.8. The van der Waals surface area contributed by atoms with Crippen molar-refractivity contribution in [3.63, 3.8) is 0 Å². The molecule has 0 spiro atoms. The number of amides is 1. The van der Waals surface area contributed by atoms with E-state index in [1.54, 1.807) is 6.21 Å². The molecule has 1 amide bonds. The molecule has 3 rings (SSSR count). The van der Waals surface area contributed by atoms with E-state index < -0.39 is 0 Å². The van der Waals surface area contributed by atoms with Gasteiger partial charge in [0.1, 0.15) is 12.4 Å². The van der Waals surface area contributed by atoms with E-state index in [1.807, 2.05) is 67.6 Å². The van der Waals surface area contributed by atoms with E-state index in [0.717, 1.165) is 31.2 Å². The number of carbonyl (C=O) groups excluding carboxylic acids is 1. The zero-order chi connectivity index (χ0) is 21.5. The molecule has 0 saturated carbocycles. The lowest BCUT2D eigenvalue weighted by molar-refractivity contribution is -0.120. The number of benzene rings is 3. The van der Waals surface area contributed by atoms with Gasteiger partial charge in [-0.2, -0.15) is 5.10 Å². The molecule has 0 aromatic heterocycles. The fraction of sp³-hybridized carbons (Fsp3) is 0.130. The number of rotatable bonds is 7. The summed E-state index contributed by atoms with van der Waals surface area (Å²) in [6.45, 7) is 2.43. The molecule has 3 aromatic carbocycles. The Morgan fingerprint density at radius 2 is 1.63 bits per heavy atom. The van der Waals surface area contributed by atoms with Gasteiger partial charge >= 0.3 is 0 Å². The second-order valence-corrected chi connectivity index (χ2v) is 8.83. The normalized spacial score (nSPS) is 10.9. The fourth-order valence-electron chi connectivity index (χ4n) is 2.64. The average Bonchev–Trinajstić information content (AvgIpc) is 2.70. The molecule has 0 heterocycles. The number of hydrogen-bond donors (Lipinski definition) is 1. The van der Waals surface area contributed by atoms with Crippen molar-refractivity contribution in [1.82, 2.24) is 5.43 Å². The summed E-state index contributed by atoms with van der Waals surface area (Å²) >= 11 is 13.0. The fourth-order valence-corrected chi connectivity index (χ4v) is 4.21. The Kier molecular flexibility index (Phi) is 8.08.